The Morgan fingerprint density at radius 1 is 1.19 bits per heavy atom. The molecule has 36 heavy (non-hydrogen) atoms. The second kappa shape index (κ2) is 9.82. The number of likely N-dealkylation sites (tertiary alicyclic amines) is 1. The molecule has 0 aliphatic carbocycles. The van der Waals surface area contributed by atoms with Crippen LogP contribution in [0.15, 0.2) is 70.5 Å². The number of para-hydroxylation sites is 2. The number of nitrogens with zero attached hydrogens (tertiary/aromatic N) is 3. The minimum Gasteiger partial charge on any atom is -0.497 e. The van der Waals surface area contributed by atoms with Crippen LogP contribution in [0.5, 0.6) is 11.5 Å². The smallest absolute Gasteiger partial charge is 0.326 e. The molecule has 7 nitrogen and oxygen atoms in total. The Kier molecular flexibility index (Phi) is 6.23. The number of hydrogen-bond donors (Lipinski definition) is 1. The van der Waals surface area contributed by atoms with Crippen molar-refractivity contribution >= 4 is 22.8 Å². The van der Waals surface area contributed by atoms with Gasteiger partial charge in [-0.3, -0.25) is 9.56 Å². The van der Waals surface area contributed by atoms with E-state index in [9.17, 15) is 4.79 Å². The monoisotopic (exact) mass is 484 g/mol. The Hall–Kier alpha value is -3.58. The molecule has 0 saturated carbocycles. The van der Waals surface area contributed by atoms with Gasteiger partial charge in [0.05, 0.1) is 24.2 Å². The van der Waals surface area contributed by atoms with Crippen LogP contribution in [0.1, 0.15) is 30.9 Å². The van der Waals surface area contributed by atoms with Gasteiger partial charge < -0.3 is 19.4 Å². The number of aliphatic imine (C=N–C) groups is 1. The number of H-pyrrole nitrogens is 1. The first-order valence-corrected chi connectivity index (χ1v) is 12.8. The van der Waals surface area contributed by atoms with Gasteiger partial charge in [-0.25, -0.2) is 4.79 Å². The van der Waals surface area contributed by atoms with Crippen LogP contribution in [-0.4, -0.2) is 60.1 Å². The Bertz CT molecular complexity index is 1390. The minimum atomic E-state index is 0.00168. The highest BCUT2D eigenvalue weighted by molar-refractivity contribution is 5.80. The van der Waals surface area contributed by atoms with E-state index in [1.807, 2.05) is 53.3 Å². The maximum atomic E-state index is 12.6. The lowest BCUT2D eigenvalue weighted by molar-refractivity contribution is 0.189. The van der Waals surface area contributed by atoms with Crippen molar-refractivity contribution in [2.24, 2.45) is 10.9 Å². The second-order valence-corrected chi connectivity index (χ2v) is 9.79. The molecular formula is C29H32N4O3. The van der Waals surface area contributed by atoms with Crippen molar-refractivity contribution < 1.29 is 9.47 Å². The topological polar surface area (TPSA) is 71.8 Å². The van der Waals surface area contributed by atoms with Crippen molar-refractivity contribution in [2.75, 3.05) is 33.4 Å². The number of ether oxygens (including phenoxy) is 2. The number of benzene rings is 2. The number of aromatic nitrogens is 2. The summed E-state index contributed by atoms with van der Waals surface area (Å²) in [6.45, 7) is 3.54. The third-order valence-electron chi connectivity index (χ3n) is 7.72. The summed E-state index contributed by atoms with van der Waals surface area (Å²) in [6, 6.07) is 14.3. The van der Waals surface area contributed by atoms with Gasteiger partial charge >= 0.3 is 5.69 Å². The number of imidazole rings is 1. The van der Waals surface area contributed by atoms with Crippen LogP contribution in [0.3, 0.4) is 0 Å². The predicted octanol–water partition coefficient (Wildman–Crippen LogP) is 4.47. The number of methoxy groups -OCH3 is 1. The van der Waals surface area contributed by atoms with Crippen LogP contribution in [0.4, 0.5) is 0 Å². The highest BCUT2D eigenvalue weighted by Crippen LogP contribution is 2.40. The summed E-state index contributed by atoms with van der Waals surface area (Å²) < 4.78 is 13.6. The van der Waals surface area contributed by atoms with Crippen LogP contribution in [-0.2, 0) is 0 Å². The van der Waals surface area contributed by atoms with Crippen molar-refractivity contribution in [3.8, 4) is 11.5 Å². The highest BCUT2D eigenvalue weighted by Gasteiger charge is 2.31. The van der Waals surface area contributed by atoms with Gasteiger partial charge in [0.25, 0.3) is 0 Å². The molecular weight excluding hydrogens is 452 g/mol. The van der Waals surface area contributed by atoms with Gasteiger partial charge in [-0.2, -0.15) is 0 Å². The van der Waals surface area contributed by atoms with Crippen LogP contribution >= 0.6 is 0 Å². The molecule has 2 unspecified atom stereocenters. The molecule has 0 radical (unpaired) electrons. The first kappa shape index (κ1) is 22.9. The van der Waals surface area contributed by atoms with Gasteiger partial charge in [-0.1, -0.05) is 24.3 Å². The van der Waals surface area contributed by atoms with Gasteiger partial charge in [0.2, 0.25) is 0 Å². The van der Waals surface area contributed by atoms with E-state index in [0.717, 1.165) is 67.0 Å². The summed E-state index contributed by atoms with van der Waals surface area (Å²) in [6.07, 6.45) is 11.4. The number of rotatable bonds is 5. The maximum Gasteiger partial charge on any atom is 0.326 e. The number of nitrogens with one attached hydrogen (secondary N) is 1. The molecule has 4 heterocycles. The van der Waals surface area contributed by atoms with E-state index in [4.69, 9.17) is 14.5 Å². The predicted molar refractivity (Wildman–Crippen MR) is 143 cm³/mol. The fourth-order valence-electron chi connectivity index (χ4n) is 5.84. The van der Waals surface area contributed by atoms with Gasteiger partial charge in [-0.05, 0) is 61.2 Å². The molecule has 3 aliphatic rings. The molecule has 3 aliphatic heterocycles. The molecule has 0 spiro atoms. The van der Waals surface area contributed by atoms with Crippen LogP contribution < -0.4 is 15.2 Å². The summed E-state index contributed by atoms with van der Waals surface area (Å²) in [5.74, 6) is 1.92. The van der Waals surface area contributed by atoms with Crippen molar-refractivity contribution in [1.82, 2.24) is 14.5 Å². The number of dihydropyridines is 1. The van der Waals surface area contributed by atoms with Gasteiger partial charge in [0.15, 0.2) is 0 Å². The second-order valence-electron chi connectivity index (χ2n) is 9.79. The molecule has 0 amide bonds. The summed E-state index contributed by atoms with van der Waals surface area (Å²) in [7, 11) is 1.70. The normalized spacial score (nSPS) is 23.3. The van der Waals surface area contributed by atoms with E-state index < -0.39 is 0 Å². The first-order chi connectivity index (χ1) is 17.7. The van der Waals surface area contributed by atoms with Crippen molar-refractivity contribution in [2.45, 2.75) is 31.3 Å². The van der Waals surface area contributed by atoms with Crippen molar-refractivity contribution in [1.29, 1.82) is 0 Å². The summed E-state index contributed by atoms with van der Waals surface area (Å²) in [5, 5.41) is 0. The zero-order chi connectivity index (χ0) is 24.5. The molecule has 1 N–H and O–H groups in total. The van der Waals surface area contributed by atoms with Crippen LogP contribution in [0, 0.1) is 5.92 Å². The molecule has 186 valence electrons. The van der Waals surface area contributed by atoms with Crippen molar-refractivity contribution in [3.05, 3.63) is 76.7 Å². The summed E-state index contributed by atoms with van der Waals surface area (Å²) in [5.41, 5.74) is 4.29. The van der Waals surface area contributed by atoms with E-state index >= 15 is 0 Å². The molecule has 3 aromatic rings. The zero-order valence-corrected chi connectivity index (χ0v) is 20.6. The number of aromatic amines is 1. The largest absolute Gasteiger partial charge is 0.497 e. The molecule has 0 bridgehead atoms. The van der Waals surface area contributed by atoms with E-state index in [1.54, 1.807) is 7.11 Å². The van der Waals surface area contributed by atoms with Crippen LogP contribution in [0.2, 0.25) is 0 Å². The van der Waals surface area contributed by atoms with E-state index in [0.29, 0.717) is 6.61 Å². The fraction of sp³-hybridized carbons (Fsp3) is 0.379. The Morgan fingerprint density at radius 3 is 2.92 bits per heavy atom. The quantitative estimate of drug-likeness (QED) is 0.580. The van der Waals surface area contributed by atoms with Gasteiger partial charge in [-0.15, -0.1) is 0 Å². The number of piperidine rings is 1. The molecule has 1 saturated heterocycles. The Morgan fingerprint density at radius 2 is 2.06 bits per heavy atom. The molecule has 6 rings (SSSR count). The summed E-state index contributed by atoms with van der Waals surface area (Å²) in [4.78, 5) is 22.8. The third-order valence-corrected chi connectivity index (χ3v) is 7.72. The van der Waals surface area contributed by atoms with E-state index in [1.165, 1.54) is 5.57 Å². The van der Waals surface area contributed by atoms with Gasteiger partial charge in [0.1, 0.15) is 18.1 Å². The van der Waals surface area contributed by atoms with E-state index in [-0.39, 0.29) is 23.7 Å². The lowest BCUT2D eigenvalue weighted by Gasteiger charge is -2.32. The van der Waals surface area contributed by atoms with Gasteiger partial charge in [0, 0.05) is 43.4 Å². The standard InChI is InChI=1S/C29H32N4O3/c1-35-21-10-11-28-24(18-21)22(23-6-4-14-30-26(23)19-36-28)7-5-15-32-16-12-20(13-17-32)33-27-9-3-2-8-25(27)31-29(33)34/h2-4,6-11,14,18,20,23,26H,5,12-13,15-17,19H2,1H3,(H,31,34). The average Bonchev–Trinajstić information content (AvgIpc) is 3.17. The first-order valence-electron chi connectivity index (χ1n) is 12.8. The molecule has 2 atom stereocenters. The average molecular weight is 485 g/mol. The lowest BCUT2D eigenvalue weighted by Crippen LogP contribution is -2.37. The zero-order valence-electron chi connectivity index (χ0n) is 20.6. The molecule has 2 aromatic carbocycles. The Labute approximate surface area is 210 Å². The molecule has 1 fully saturated rings. The van der Waals surface area contributed by atoms with Crippen molar-refractivity contribution in [3.63, 3.8) is 0 Å². The molecule has 1 aromatic heterocycles. The fourth-order valence-corrected chi connectivity index (χ4v) is 5.84. The molecule has 7 heteroatoms. The summed E-state index contributed by atoms with van der Waals surface area (Å²) >= 11 is 0. The number of fused-ring (bicyclic) bond motifs is 3. The maximum absolute atomic E-state index is 12.6. The number of hydrogen-bond acceptors (Lipinski definition) is 5. The van der Waals surface area contributed by atoms with Crippen LogP contribution in [0.25, 0.3) is 16.6 Å². The lowest BCUT2D eigenvalue weighted by atomic mass is 9.85. The van der Waals surface area contributed by atoms with E-state index in [2.05, 4.69) is 28.1 Å². The highest BCUT2D eigenvalue weighted by atomic mass is 16.5. The number of allylic oxidation sites excluding steroid dienone is 1. The Balaban J connectivity index is 1.16. The minimum absolute atomic E-state index is 0.00168. The third kappa shape index (κ3) is 4.28. The SMILES string of the molecule is COc1ccc2c(c1)C(=CCCN1CCC(n3c(=O)[nH]c4ccccc43)CC1)C1C=CC=NC1CO2.